The lowest BCUT2D eigenvalue weighted by atomic mass is 10.2. The SMILES string of the molecule is Cc1nc(CNC(=NCc2ccc(Br)cc2)NCC(=O)N(C)C)sc1C. The molecule has 0 atom stereocenters. The number of carbonyl (C=O) groups is 1. The van der Waals surface area contributed by atoms with E-state index in [0.29, 0.717) is 19.0 Å². The maximum absolute atomic E-state index is 11.8. The van der Waals surface area contributed by atoms with Gasteiger partial charge < -0.3 is 15.5 Å². The molecule has 1 aromatic heterocycles. The third-order valence-corrected chi connectivity index (χ3v) is 5.32. The Labute approximate surface area is 166 Å². The van der Waals surface area contributed by atoms with Crippen LogP contribution in [0.4, 0.5) is 0 Å². The highest BCUT2D eigenvalue weighted by atomic mass is 79.9. The number of benzene rings is 1. The zero-order valence-electron chi connectivity index (χ0n) is 15.5. The van der Waals surface area contributed by atoms with Gasteiger partial charge >= 0.3 is 0 Å². The van der Waals surface area contributed by atoms with Crippen molar-refractivity contribution in [3.8, 4) is 0 Å². The Bertz CT molecular complexity index is 751. The van der Waals surface area contributed by atoms with E-state index in [0.717, 1.165) is 20.7 Å². The number of nitrogens with zero attached hydrogens (tertiary/aromatic N) is 3. The van der Waals surface area contributed by atoms with Gasteiger partial charge in [0, 0.05) is 23.4 Å². The molecule has 0 spiro atoms. The van der Waals surface area contributed by atoms with Gasteiger partial charge in [0.25, 0.3) is 0 Å². The Balaban J connectivity index is 2.02. The van der Waals surface area contributed by atoms with Crippen LogP contribution in [-0.2, 0) is 17.9 Å². The van der Waals surface area contributed by atoms with E-state index in [1.807, 2.05) is 31.2 Å². The fourth-order valence-corrected chi connectivity index (χ4v) is 3.16. The van der Waals surface area contributed by atoms with Crippen LogP contribution in [0.5, 0.6) is 0 Å². The summed E-state index contributed by atoms with van der Waals surface area (Å²) in [5.41, 5.74) is 2.14. The van der Waals surface area contributed by atoms with Crippen LogP contribution < -0.4 is 10.6 Å². The Kier molecular flexibility index (Phi) is 7.59. The van der Waals surface area contributed by atoms with Gasteiger partial charge in [-0.05, 0) is 31.5 Å². The topological polar surface area (TPSA) is 69.6 Å². The van der Waals surface area contributed by atoms with Gasteiger partial charge in [0.05, 0.1) is 25.3 Å². The Morgan fingerprint density at radius 2 is 1.92 bits per heavy atom. The maximum Gasteiger partial charge on any atom is 0.241 e. The second kappa shape index (κ2) is 9.68. The maximum atomic E-state index is 11.8. The molecule has 0 radical (unpaired) electrons. The van der Waals surface area contributed by atoms with Gasteiger partial charge in [0.1, 0.15) is 5.01 Å². The smallest absolute Gasteiger partial charge is 0.241 e. The van der Waals surface area contributed by atoms with Crippen molar-refractivity contribution in [3.05, 3.63) is 49.9 Å². The number of guanidine groups is 1. The molecule has 8 heteroatoms. The highest BCUT2D eigenvalue weighted by Gasteiger charge is 2.08. The molecule has 0 unspecified atom stereocenters. The quantitative estimate of drug-likeness (QED) is 0.538. The molecule has 0 aliphatic heterocycles. The number of aryl methyl sites for hydroxylation is 2. The highest BCUT2D eigenvalue weighted by molar-refractivity contribution is 9.10. The lowest BCUT2D eigenvalue weighted by molar-refractivity contribution is -0.127. The van der Waals surface area contributed by atoms with Crippen molar-refractivity contribution in [1.29, 1.82) is 0 Å². The summed E-state index contributed by atoms with van der Waals surface area (Å²) in [6.45, 7) is 5.35. The number of aliphatic imine (C=N–C) groups is 1. The fourth-order valence-electron chi connectivity index (χ4n) is 2.03. The second-order valence-corrected chi connectivity index (χ2v) is 8.24. The van der Waals surface area contributed by atoms with E-state index in [-0.39, 0.29) is 12.5 Å². The molecule has 0 aliphatic rings. The average Bonchev–Trinajstić information content (AvgIpc) is 2.93. The normalized spacial score (nSPS) is 11.3. The summed E-state index contributed by atoms with van der Waals surface area (Å²) in [6.07, 6.45) is 0. The molecule has 140 valence electrons. The average molecular weight is 438 g/mol. The minimum absolute atomic E-state index is 0.0101. The van der Waals surface area contributed by atoms with Crippen molar-refractivity contribution < 1.29 is 4.79 Å². The molecular weight excluding hydrogens is 414 g/mol. The summed E-state index contributed by atoms with van der Waals surface area (Å²) in [5.74, 6) is 0.581. The van der Waals surface area contributed by atoms with Crippen LogP contribution in [0.3, 0.4) is 0 Å². The molecule has 0 saturated heterocycles. The highest BCUT2D eigenvalue weighted by Crippen LogP contribution is 2.16. The number of thiazole rings is 1. The van der Waals surface area contributed by atoms with E-state index < -0.39 is 0 Å². The zero-order chi connectivity index (χ0) is 19.1. The van der Waals surface area contributed by atoms with Crippen molar-refractivity contribution in [3.63, 3.8) is 0 Å². The first-order valence-electron chi connectivity index (χ1n) is 8.25. The number of hydrogen-bond acceptors (Lipinski definition) is 4. The Hall–Kier alpha value is -1.93. The van der Waals surface area contributed by atoms with E-state index in [4.69, 9.17) is 0 Å². The van der Waals surface area contributed by atoms with Crippen molar-refractivity contribution >= 4 is 39.1 Å². The minimum atomic E-state index is -0.0101. The van der Waals surface area contributed by atoms with Crippen molar-refractivity contribution in [1.82, 2.24) is 20.5 Å². The number of amides is 1. The van der Waals surface area contributed by atoms with Crippen molar-refractivity contribution in [2.45, 2.75) is 26.9 Å². The van der Waals surface area contributed by atoms with Crippen molar-refractivity contribution in [2.24, 2.45) is 4.99 Å². The van der Waals surface area contributed by atoms with E-state index >= 15 is 0 Å². The lowest BCUT2D eigenvalue weighted by Gasteiger charge is -2.14. The fraction of sp³-hybridized carbons (Fsp3) is 0.389. The lowest BCUT2D eigenvalue weighted by Crippen LogP contribution is -2.42. The molecule has 2 rings (SSSR count). The Morgan fingerprint density at radius 1 is 1.23 bits per heavy atom. The number of hydrogen-bond donors (Lipinski definition) is 2. The van der Waals surface area contributed by atoms with Gasteiger partial charge in [-0.3, -0.25) is 4.79 Å². The van der Waals surface area contributed by atoms with E-state index in [9.17, 15) is 4.79 Å². The van der Waals surface area contributed by atoms with Crippen molar-refractivity contribution in [2.75, 3.05) is 20.6 Å². The molecule has 2 N–H and O–H groups in total. The van der Waals surface area contributed by atoms with Crippen LogP contribution in [0, 0.1) is 13.8 Å². The van der Waals surface area contributed by atoms with Crippen LogP contribution in [0.25, 0.3) is 0 Å². The van der Waals surface area contributed by atoms with E-state index in [1.165, 1.54) is 4.88 Å². The minimum Gasteiger partial charge on any atom is -0.350 e. The van der Waals surface area contributed by atoms with Gasteiger partial charge in [0.15, 0.2) is 5.96 Å². The molecule has 26 heavy (non-hydrogen) atoms. The molecular formula is C18H24BrN5OS. The molecule has 1 amide bonds. The van der Waals surface area contributed by atoms with Gasteiger partial charge in [-0.15, -0.1) is 11.3 Å². The molecule has 1 heterocycles. The van der Waals surface area contributed by atoms with Crippen LogP contribution in [0.1, 0.15) is 21.1 Å². The molecule has 0 saturated carbocycles. The van der Waals surface area contributed by atoms with Crippen LogP contribution in [0.2, 0.25) is 0 Å². The molecule has 0 aliphatic carbocycles. The van der Waals surface area contributed by atoms with E-state index in [2.05, 4.69) is 43.5 Å². The molecule has 6 nitrogen and oxygen atoms in total. The monoisotopic (exact) mass is 437 g/mol. The first kappa shape index (κ1) is 20.4. The van der Waals surface area contributed by atoms with Gasteiger partial charge in [0.2, 0.25) is 5.91 Å². The molecule has 0 bridgehead atoms. The summed E-state index contributed by atoms with van der Waals surface area (Å²) in [4.78, 5) is 23.7. The zero-order valence-corrected chi connectivity index (χ0v) is 17.9. The third kappa shape index (κ3) is 6.42. The summed E-state index contributed by atoms with van der Waals surface area (Å²) in [7, 11) is 3.47. The summed E-state index contributed by atoms with van der Waals surface area (Å²) >= 11 is 5.09. The summed E-state index contributed by atoms with van der Waals surface area (Å²) < 4.78 is 1.03. The van der Waals surface area contributed by atoms with E-state index in [1.54, 1.807) is 30.3 Å². The van der Waals surface area contributed by atoms with Gasteiger partial charge in [-0.2, -0.15) is 0 Å². The second-order valence-electron chi connectivity index (χ2n) is 6.04. The number of nitrogens with one attached hydrogen (secondary N) is 2. The summed E-state index contributed by atoms with van der Waals surface area (Å²) in [6, 6.07) is 8.01. The standard InChI is InChI=1S/C18H24BrN5OS/c1-12-13(2)26-16(23-12)10-21-18(22-11-17(25)24(3)4)20-9-14-5-7-15(19)8-6-14/h5-8H,9-11H2,1-4H3,(H2,20,21,22). The molecule has 1 aromatic carbocycles. The summed E-state index contributed by atoms with van der Waals surface area (Å²) in [5, 5.41) is 7.35. The van der Waals surface area contributed by atoms with Crippen LogP contribution >= 0.6 is 27.3 Å². The third-order valence-electron chi connectivity index (χ3n) is 3.72. The number of halogens is 1. The van der Waals surface area contributed by atoms with Crippen LogP contribution in [-0.4, -0.2) is 42.4 Å². The largest absolute Gasteiger partial charge is 0.350 e. The number of aromatic nitrogens is 1. The Morgan fingerprint density at radius 3 is 2.50 bits per heavy atom. The predicted octanol–water partition coefficient (Wildman–Crippen LogP) is 2.85. The number of rotatable bonds is 6. The first-order valence-corrected chi connectivity index (χ1v) is 9.86. The molecule has 0 fully saturated rings. The number of likely N-dealkylation sites (N-methyl/N-ethyl adjacent to an activating group) is 1. The molecule has 2 aromatic rings. The van der Waals surface area contributed by atoms with Gasteiger partial charge in [-0.25, -0.2) is 9.98 Å². The predicted molar refractivity (Wildman–Crippen MR) is 110 cm³/mol. The number of carbonyl (C=O) groups excluding carboxylic acids is 1. The first-order chi connectivity index (χ1) is 12.3. The van der Waals surface area contributed by atoms with Gasteiger partial charge in [-0.1, -0.05) is 28.1 Å². The van der Waals surface area contributed by atoms with Crippen LogP contribution in [0.15, 0.2) is 33.7 Å².